The number of aliphatic carboxylic acids is 1. The summed E-state index contributed by atoms with van der Waals surface area (Å²) >= 11 is 3.08. The number of carbonyl (C=O) groups is 1. The van der Waals surface area contributed by atoms with E-state index >= 15 is 0 Å². The van der Waals surface area contributed by atoms with E-state index in [2.05, 4.69) is 18.2 Å². The minimum absolute atomic E-state index is 0.490. The van der Waals surface area contributed by atoms with Crippen LogP contribution in [0.2, 0.25) is 0 Å². The van der Waals surface area contributed by atoms with Crippen LogP contribution in [0.5, 0.6) is 0 Å². The van der Waals surface area contributed by atoms with Gasteiger partial charge in [0.1, 0.15) is 5.25 Å². The SMILES string of the molecule is Cc1ccc(S[C@H](Cc2ccccc2Sc2ccccc2)C(=O)O)cc1. The molecule has 0 unspecified atom stereocenters. The van der Waals surface area contributed by atoms with Gasteiger partial charge in [0.2, 0.25) is 0 Å². The van der Waals surface area contributed by atoms with Crippen LogP contribution in [0.25, 0.3) is 0 Å². The van der Waals surface area contributed by atoms with Crippen LogP contribution in [0.1, 0.15) is 11.1 Å². The molecule has 3 aromatic carbocycles. The maximum absolute atomic E-state index is 11.8. The van der Waals surface area contributed by atoms with Crippen molar-refractivity contribution in [1.29, 1.82) is 0 Å². The van der Waals surface area contributed by atoms with E-state index in [4.69, 9.17) is 0 Å². The van der Waals surface area contributed by atoms with Crippen molar-refractivity contribution in [1.82, 2.24) is 0 Å². The molecule has 0 aliphatic heterocycles. The summed E-state index contributed by atoms with van der Waals surface area (Å²) in [4.78, 5) is 15.1. The van der Waals surface area contributed by atoms with Crippen molar-refractivity contribution >= 4 is 29.5 Å². The highest BCUT2D eigenvalue weighted by Gasteiger charge is 2.21. The monoisotopic (exact) mass is 380 g/mol. The zero-order valence-corrected chi connectivity index (χ0v) is 16.1. The lowest BCUT2D eigenvalue weighted by atomic mass is 10.1. The van der Waals surface area contributed by atoms with E-state index < -0.39 is 11.2 Å². The molecule has 0 spiro atoms. The fourth-order valence-corrected chi connectivity index (χ4v) is 4.51. The number of benzene rings is 3. The summed E-state index contributed by atoms with van der Waals surface area (Å²) in [5.74, 6) is -0.782. The van der Waals surface area contributed by atoms with Crippen LogP contribution in [-0.4, -0.2) is 16.3 Å². The fourth-order valence-electron chi connectivity index (χ4n) is 2.55. The molecule has 26 heavy (non-hydrogen) atoms. The molecule has 0 saturated heterocycles. The van der Waals surface area contributed by atoms with Gasteiger partial charge in [-0.1, -0.05) is 65.9 Å². The van der Waals surface area contributed by atoms with Gasteiger partial charge in [-0.2, -0.15) is 0 Å². The second-order valence-electron chi connectivity index (χ2n) is 5.98. The van der Waals surface area contributed by atoms with Gasteiger partial charge in [-0.3, -0.25) is 4.79 Å². The standard InChI is InChI=1S/C22H20O2S2/c1-16-11-13-19(14-12-16)26-21(22(23)24)15-17-7-5-6-10-20(17)25-18-8-3-2-4-9-18/h2-14,21H,15H2,1H3,(H,23,24)/t21-/m1/s1. The van der Waals surface area contributed by atoms with E-state index in [0.29, 0.717) is 6.42 Å². The third kappa shape index (κ3) is 5.16. The Morgan fingerprint density at radius 3 is 2.23 bits per heavy atom. The Morgan fingerprint density at radius 2 is 1.54 bits per heavy atom. The summed E-state index contributed by atoms with van der Waals surface area (Å²) in [6.45, 7) is 2.03. The molecule has 0 fully saturated rings. The number of thioether (sulfide) groups is 1. The predicted octanol–water partition coefficient (Wildman–Crippen LogP) is 5.93. The summed E-state index contributed by atoms with van der Waals surface area (Å²) in [6.07, 6.45) is 0.490. The first-order valence-electron chi connectivity index (χ1n) is 8.39. The van der Waals surface area contributed by atoms with E-state index in [1.165, 1.54) is 17.3 Å². The molecular formula is C22H20O2S2. The number of rotatable bonds is 7. The van der Waals surface area contributed by atoms with E-state index in [-0.39, 0.29) is 0 Å². The van der Waals surface area contributed by atoms with Gasteiger partial charge in [0.15, 0.2) is 0 Å². The Balaban J connectivity index is 1.79. The van der Waals surface area contributed by atoms with Gasteiger partial charge in [0, 0.05) is 14.7 Å². The molecule has 0 bridgehead atoms. The van der Waals surface area contributed by atoms with Crippen LogP contribution >= 0.6 is 23.5 Å². The van der Waals surface area contributed by atoms with Gasteiger partial charge in [0.05, 0.1) is 0 Å². The first-order valence-corrected chi connectivity index (χ1v) is 10.1. The molecule has 0 aliphatic rings. The highest BCUT2D eigenvalue weighted by Crippen LogP contribution is 2.33. The van der Waals surface area contributed by atoms with Gasteiger partial charge in [0.25, 0.3) is 0 Å². The highest BCUT2D eigenvalue weighted by molar-refractivity contribution is 8.00. The van der Waals surface area contributed by atoms with Crippen LogP contribution in [0.4, 0.5) is 0 Å². The van der Waals surface area contributed by atoms with Crippen LogP contribution in [0.3, 0.4) is 0 Å². The summed E-state index contributed by atoms with van der Waals surface area (Å²) in [7, 11) is 0. The molecule has 4 heteroatoms. The Labute approximate surface area is 162 Å². The number of aryl methyl sites for hydroxylation is 1. The second-order valence-corrected chi connectivity index (χ2v) is 8.38. The molecule has 0 saturated carbocycles. The molecule has 1 atom stereocenters. The fraction of sp³-hybridized carbons (Fsp3) is 0.136. The van der Waals surface area contributed by atoms with Gasteiger partial charge in [-0.05, 0) is 49.2 Å². The Morgan fingerprint density at radius 1 is 0.885 bits per heavy atom. The quantitative estimate of drug-likeness (QED) is 0.515. The zero-order valence-electron chi connectivity index (χ0n) is 14.5. The Kier molecular flexibility index (Phi) is 6.42. The number of carboxylic acid groups (broad SMARTS) is 1. The summed E-state index contributed by atoms with van der Waals surface area (Å²) in [5.41, 5.74) is 2.24. The average molecular weight is 381 g/mol. The van der Waals surface area contributed by atoms with Gasteiger partial charge in [-0.15, -0.1) is 11.8 Å². The molecule has 3 rings (SSSR count). The van der Waals surface area contributed by atoms with Crippen molar-refractivity contribution in [3.63, 3.8) is 0 Å². The Hall–Kier alpha value is -2.17. The molecule has 3 aromatic rings. The van der Waals surface area contributed by atoms with Crippen LogP contribution < -0.4 is 0 Å². The normalized spacial score (nSPS) is 11.9. The molecule has 0 heterocycles. The third-order valence-electron chi connectivity index (χ3n) is 3.92. The number of hydrogen-bond donors (Lipinski definition) is 1. The number of hydrogen-bond acceptors (Lipinski definition) is 3. The van der Waals surface area contributed by atoms with Crippen LogP contribution in [-0.2, 0) is 11.2 Å². The minimum atomic E-state index is -0.782. The maximum atomic E-state index is 11.8. The highest BCUT2D eigenvalue weighted by atomic mass is 32.2. The van der Waals surface area contributed by atoms with E-state index in [1.807, 2.05) is 67.6 Å². The number of carboxylic acids is 1. The summed E-state index contributed by atoms with van der Waals surface area (Å²) < 4.78 is 0. The third-order valence-corrected chi connectivity index (χ3v) is 6.25. The van der Waals surface area contributed by atoms with Crippen molar-refractivity contribution in [2.45, 2.75) is 33.3 Å². The molecule has 0 radical (unpaired) electrons. The van der Waals surface area contributed by atoms with Gasteiger partial charge in [-0.25, -0.2) is 0 Å². The summed E-state index contributed by atoms with van der Waals surface area (Å²) in [6, 6.07) is 26.2. The smallest absolute Gasteiger partial charge is 0.317 e. The molecule has 132 valence electrons. The summed E-state index contributed by atoms with van der Waals surface area (Å²) in [5, 5.41) is 9.19. The van der Waals surface area contributed by atoms with E-state index in [0.717, 1.165) is 20.2 Å². The predicted molar refractivity (Wildman–Crippen MR) is 109 cm³/mol. The van der Waals surface area contributed by atoms with Gasteiger partial charge < -0.3 is 5.11 Å². The van der Waals surface area contributed by atoms with E-state index in [9.17, 15) is 9.90 Å². The largest absolute Gasteiger partial charge is 0.480 e. The molecular weight excluding hydrogens is 360 g/mol. The van der Waals surface area contributed by atoms with Gasteiger partial charge >= 0.3 is 5.97 Å². The lowest BCUT2D eigenvalue weighted by Crippen LogP contribution is -2.19. The van der Waals surface area contributed by atoms with Crippen molar-refractivity contribution in [3.05, 3.63) is 90.0 Å². The molecule has 0 aliphatic carbocycles. The van der Waals surface area contributed by atoms with Crippen molar-refractivity contribution in [2.75, 3.05) is 0 Å². The van der Waals surface area contributed by atoms with E-state index in [1.54, 1.807) is 11.8 Å². The first-order chi connectivity index (χ1) is 12.6. The Bertz CT molecular complexity index is 861. The topological polar surface area (TPSA) is 37.3 Å². The average Bonchev–Trinajstić information content (AvgIpc) is 2.65. The molecule has 1 N–H and O–H groups in total. The van der Waals surface area contributed by atoms with Crippen molar-refractivity contribution < 1.29 is 9.90 Å². The van der Waals surface area contributed by atoms with Crippen LogP contribution in [0.15, 0.2) is 93.5 Å². The molecule has 2 nitrogen and oxygen atoms in total. The zero-order chi connectivity index (χ0) is 18.4. The molecule has 0 amide bonds. The first kappa shape index (κ1) is 18.6. The second kappa shape index (κ2) is 8.97. The molecule has 0 aromatic heterocycles. The lowest BCUT2D eigenvalue weighted by molar-refractivity contribution is -0.136. The minimum Gasteiger partial charge on any atom is -0.480 e. The lowest BCUT2D eigenvalue weighted by Gasteiger charge is -2.15. The van der Waals surface area contributed by atoms with Crippen molar-refractivity contribution in [3.8, 4) is 0 Å². The maximum Gasteiger partial charge on any atom is 0.317 e. The van der Waals surface area contributed by atoms with Crippen LogP contribution in [0, 0.1) is 6.92 Å². The van der Waals surface area contributed by atoms with Crippen molar-refractivity contribution in [2.24, 2.45) is 0 Å².